The lowest BCUT2D eigenvalue weighted by Crippen LogP contribution is -2.30. The summed E-state index contributed by atoms with van der Waals surface area (Å²) in [7, 11) is -3.47. The Bertz CT molecular complexity index is 1290. The summed E-state index contributed by atoms with van der Waals surface area (Å²) in [5.74, 6) is -0.202. The standard InChI is InChI=1S/C28H26N2O3S/c1-34(32,33)30(26-15-9-4-10-16-26)21-22-17-19-25(20-18-22)28(31)29-27(23-11-5-2-6-12-23)24-13-7-3-8-14-24/h2-20,27H,21H2,1H3,(H,29,31). The van der Waals surface area contributed by atoms with Crippen molar-refractivity contribution in [2.24, 2.45) is 0 Å². The number of benzene rings is 4. The molecule has 4 rings (SSSR count). The highest BCUT2D eigenvalue weighted by Gasteiger charge is 2.19. The summed E-state index contributed by atoms with van der Waals surface area (Å²) in [5.41, 5.74) is 3.87. The van der Waals surface area contributed by atoms with Crippen LogP contribution in [0.1, 0.15) is 33.1 Å². The van der Waals surface area contributed by atoms with Crippen molar-refractivity contribution in [3.8, 4) is 0 Å². The summed E-state index contributed by atoms with van der Waals surface area (Å²) < 4.78 is 26.1. The molecule has 4 aromatic rings. The van der Waals surface area contributed by atoms with Gasteiger partial charge < -0.3 is 5.32 Å². The van der Waals surface area contributed by atoms with Crippen LogP contribution in [0.3, 0.4) is 0 Å². The Morgan fingerprint density at radius 1 is 0.735 bits per heavy atom. The van der Waals surface area contributed by atoms with Gasteiger partial charge in [0.15, 0.2) is 0 Å². The number of amides is 1. The Kier molecular flexibility index (Phi) is 7.09. The second-order valence-electron chi connectivity index (χ2n) is 8.03. The van der Waals surface area contributed by atoms with Gasteiger partial charge >= 0.3 is 0 Å². The van der Waals surface area contributed by atoms with E-state index in [2.05, 4.69) is 5.32 Å². The zero-order valence-corrected chi connectivity index (χ0v) is 19.7. The molecule has 34 heavy (non-hydrogen) atoms. The third-order valence-electron chi connectivity index (χ3n) is 5.53. The van der Waals surface area contributed by atoms with Gasteiger partial charge in [-0.15, -0.1) is 0 Å². The molecular weight excluding hydrogens is 444 g/mol. The molecule has 4 aromatic carbocycles. The molecule has 0 unspecified atom stereocenters. The first kappa shape index (κ1) is 23.3. The molecule has 0 saturated heterocycles. The van der Waals surface area contributed by atoms with Gasteiger partial charge in [0, 0.05) is 5.56 Å². The van der Waals surface area contributed by atoms with Crippen LogP contribution in [-0.4, -0.2) is 20.6 Å². The summed E-state index contributed by atoms with van der Waals surface area (Å²) in [6, 6.07) is 35.4. The number of hydrogen-bond acceptors (Lipinski definition) is 3. The zero-order chi connectivity index (χ0) is 24.0. The van der Waals surface area contributed by atoms with Gasteiger partial charge in [-0.1, -0.05) is 91.0 Å². The van der Waals surface area contributed by atoms with Crippen molar-refractivity contribution in [1.29, 1.82) is 0 Å². The van der Waals surface area contributed by atoms with E-state index in [1.165, 1.54) is 10.6 Å². The third-order valence-corrected chi connectivity index (χ3v) is 6.67. The highest BCUT2D eigenvalue weighted by molar-refractivity contribution is 7.92. The van der Waals surface area contributed by atoms with Crippen molar-refractivity contribution in [2.45, 2.75) is 12.6 Å². The van der Waals surface area contributed by atoms with Crippen molar-refractivity contribution >= 4 is 21.6 Å². The Hall–Kier alpha value is -3.90. The summed E-state index contributed by atoms with van der Waals surface area (Å²) in [6.07, 6.45) is 1.19. The first-order valence-corrected chi connectivity index (χ1v) is 12.8. The first-order chi connectivity index (χ1) is 16.4. The molecule has 0 fully saturated rings. The second kappa shape index (κ2) is 10.4. The van der Waals surface area contributed by atoms with Gasteiger partial charge in [-0.25, -0.2) is 8.42 Å². The Balaban J connectivity index is 1.53. The zero-order valence-electron chi connectivity index (χ0n) is 18.8. The molecule has 0 atom stereocenters. The third kappa shape index (κ3) is 5.71. The molecule has 0 aliphatic heterocycles. The molecule has 0 heterocycles. The Morgan fingerprint density at radius 2 is 1.21 bits per heavy atom. The van der Waals surface area contributed by atoms with Crippen molar-refractivity contribution in [2.75, 3.05) is 10.6 Å². The minimum absolute atomic E-state index is 0.182. The van der Waals surface area contributed by atoms with Crippen molar-refractivity contribution in [3.05, 3.63) is 138 Å². The van der Waals surface area contributed by atoms with Crippen LogP contribution < -0.4 is 9.62 Å². The van der Waals surface area contributed by atoms with Gasteiger partial charge in [0.1, 0.15) is 0 Å². The topological polar surface area (TPSA) is 66.5 Å². The van der Waals surface area contributed by atoms with Gasteiger partial charge in [0.2, 0.25) is 10.0 Å². The number of hydrogen-bond donors (Lipinski definition) is 1. The fraction of sp³-hybridized carbons (Fsp3) is 0.107. The lowest BCUT2D eigenvalue weighted by Gasteiger charge is -2.23. The quantitative estimate of drug-likeness (QED) is 0.386. The average Bonchev–Trinajstić information content (AvgIpc) is 2.87. The van der Waals surface area contributed by atoms with Gasteiger partial charge in [-0.3, -0.25) is 9.10 Å². The van der Waals surface area contributed by atoms with Gasteiger partial charge in [-0.2, -0.15) is 0 Å². The van der Waals surface area contributed by atoms with Crippen LogP contribution >= 0.6 is 0 Å². The van der Waals surface area contributed by atoms with Crippen LogP contribution in [0.4, 0.5) is 5.69 Å². The largest absolute Gasteiger partial charge is 0.341 e. The van der Waals surface area contributed by atoms with E-state index in [1.807, 2.05) is 66.7 Å². The number of rotatable bonds is 8. The fourth-order valence-corrected chi connectivity index (χ4v) is 4.67. The van der Waals surface area contributed by atoms with E-state index >= 15 is 0 Å². The SMILES string of the molecule is CS(=O)(=O)N(Cc1ccc(C(=O)NC(c2ccccc2)c2ccccc2)cc1)c1ccccc1. The van der Waals surface area contributed by atoms with E-state index in [1.54, 1.807) is 48.5 Å². The van der Waals surface area contributed by atoms with E-state index in [9.17, 15) is 13.2 Å². The summed E-state index contributed by atoms with van der Waals surface area (Å²) in [5, 5.41) is 3.13. The van der Waals surface area contributed by atoms with Crippen LogP contribution in [0.15, 0.2) is 115 Å². The number of carbonyl (C=O) groups excluding carboxylic acids is 1. The number of nitrogens with one attached hydrogen (secondary N) is 1. The maximum atomic E-state index is 13.1. The molecule has 0 aliphatic rings. The number of nitrogens with zero attached hydrogens (tertiary/aromatic N) is 1. The summed E-state index contributed by atoms with van der Waals surface area (Å²) in [4.78, 5) is 13.1. The van der Waals surface area contributed by atoms with E-state index in [0.29, 0.717) is 11.3 Å². The lowest BCUT2D eigenvalue weighted by molar-refractivity contribution is 0.0943. The predicted octanol–water partition coefficient (Wildman–Crippen LogP) is 5.17. The van der Waals surface area contributed by atoms with E-state index < -0.39 is 10.0 Å². The molecule has 5 nitrogen and oxygen atoms in total. The summed E-state index contributed by atoms with van der Waals surface area (Å²) >= 11 is 0. The molecule has 0 saturated carbocycles. The van der Waals surface area contributed by atoms with Gasteiger partial charge in [0.25, 0.3) is 5.91 Å². The van der Waals surface area contributed by atoms with Crippen LogP contribution in [-0.2, 0) is 16.6 Å². The molecule has 0 aliphatic carbocycles. The molecule has 6 heteroatoms. The lowest BCUT2D eigenvalue weighted by atomic mass is 9.98. The Morgan fingerprint density at radius 3 is 1.68 bits per heavy atom. The number of anilines is 1. The minimum atomic E-state index is -3.47. The molecule has 0 radical (unpaired) electrons. The van der Waals surface area contributed by atoms with Crippen molar-refractivity contribution in [3.63, 3.8) is 0 Å². The summed E-state index contributed by atoms with van der Waals surface area (Å²) in [6.45, 7) is 0.182. The van der Waals surface area contributed by atoms with Crippen LogP contribution in [0.5, 0.6) is 0 Å². The van der Waals surface area contributed by atoms with Crippen molar-refractivity contribution in [1.82, 2.24) is 5.32 Å². The maximum absolute atomic E-state index is 13.1. The molecule has 0 bridgehead atoms. The normalized spacial score (nSPS) is 11.2. The minimum Gasteiger partial charge on any atom is -0.341 e. The molecular formula is C28H26N2O3S. The fourth-order valence-electron chi connectivity index (χ4n) is 3.79. The second-order valence-corrected chi connectivity index (χ2v) is 9.94. The highest BCUT2D eigenvalue weighted by atomic mass is 32.2. The van der Waals surface area contributed by atoms with E-state index in [-0.39, 0.29) is 18.5 Å². The molecule has 1 N–H and O–H groups in total. The molecule has 0 spiro atoms. The monoisotopic (exact) mass is 470 g/mol. The Labute approximate surface area is 200 Å². The number of para-hydroxylation sites is 1. The van der Waals surface area contributed by atoms with Crippen molar-refractivity contribution < 1.29 is 13.2 Å². The van der Waals surface area contributed by atoms with Crippen LogP contribution in [0.2, 0.25) is 0 Å². The van der Waals surface area contributed by atoms with E-state index in [4.69, 9.17) is 0 Å². The number of sulfonamides is 1. The predicted molar refractivity (Wildman–Crippen MR) is 136 cm³/mol. The number of carbonyl (C=O) groups is 1. The van der Waals surface area contributed by atoms with Crippen LogP contribution in [0.25, 0.3) is 0 Å². The maximum Gasteiger partial charge on any atom is 0.252 e. The van der Waals surface area contributed by atoms with Crippen LogP contribution in [0, 0.1) is 0 Å². The van der Waals surface area contributed by atoms with E-state index in [0.717, 1.165) is 16.7 Å². The molecule has 1 amide bonds. The molecule has 172 valence electrons. The van der Waals surface area contributed by atoms with Gasteiger partial charge in [0.05, 0.1) is 24.5 Å². The van der Waals surface area contributed by atoms with Gasteiger partial charge in [-0.05, 0) is 41.0 Å². The molecule has 0 aromatic heterocycles. The smallest absolute Gasteiger partial charge is 0.252 e. The highest BCUT2D eigenvalue weighted by Crippen LogP contribution is 2.23. The average molecular weight is 471 g/mol. The first-order valence-electron chi connectivity index (χ1n) is 10.9.